The maximum absolute atomic E-state index is 13.0. The van der Waals surface area contributed by atoms with Crippen LogP contribution in [0.3, 0.4) is 0 Å². The number of ether oxygens (including phenoxy) is 1. The second-order valence-corrected chi connectivity index (χ2v) is 5.29. The zero-order chi connectivity index (χ0) is 14.8. The highest BCUT2D eigenvalue weighted by atomic mass is 19.1. The molecule has 2 atom stereocenters. The highest BCUT2D eigenvalue weighted by molar-refractivity contribution is 6.05. The second kappa shape index (κ2) is 5.68. The predicted octanol–water partition coefficient (Wildman–Crippen LogP) is 2.16. The van der Waals surface area contributed by atoms with Gasteiger partial charge in [0.25, 0.3) is 0 Å². The summed E-state index contributed by atoms with van der Waals surface area (Å²) in [7, 11) is 0. The highest BCUT2D eigenvalue weighted by Crippen LogP contribution is 2.34. The van der Waals surface area contributed by atoms with Gasteiger partial charge in [0.2, 0.25) is 11.8 Å². The number of carbonyl (C=O) groups excluding carboxylic acids is 2. The molecular formula is C16H16FNO3. The Kier molecular flexibility index (Phi) is 3.73. The first-order chi connectivity index (χ1) is 10.2. The molecule has 0 N–H and O–H groups in total. The fourth-order valence-electron chi connectivity index (χ4n) is 2.90. The standard InChI is InChI=1S/C16H16FNO3/c17-11-4-3-5-12(10-11)21-9-8-18-15(19)13-6-1-2-7-14(13)16(18)20/h1-5,10,13-14H,6-9H2. The Morgan fingerprint density at radius 1 is 1.14 bits per heavy atom. The molecule has 3 rings (SSSR count). The molecule has 1 heterocycles. The van der Waals surface area contributed by atoms with Crippen LogP contribution in [0.4, 0.5) is 4.39 Å². The van der Waals surface area contributed by atoms with Crippen molar-refractivity contribution in [2.45, 2.75) is 12.8 Å². The SMILES string of the molecule is O=C1C2CC=CCC2C(=O)N1CCOc1cccc(F)c1. The summed E-state index contributed by atoms with van der Waals surface area (Å²) in [4.78, 5) is 25.7. The van der Waals surface area contributed by atoms with E-state index < -0.39 is 0 Å². The van der Waals surface area contributed by atoms with Gasteiger partial charge in [0.15, 0.2) is 0 Å². The fourth-order valence-corrected chi connectivity index (χ4v) is 2.90. The minimum absolute atomic E-state index is 0.114. The van der Waals surface area contributed by atoms with Gasteiger partial charge in [0.05, 0.1) is 18.4 Å². The summed E-state index contributed by atoms with van der Waals surface area (Å²) < 4.78 is 18.4. The number of likely N-dealkylation sites (tertiary alicyclic amines) is 1. The molecule has 1 aliphatic heterocycles. The van der Waals surface area contributed by atoms with Crippen LogP contribution < -0.4 is 4.74 Å². The van der Waals surface area contributed by atoms with Crippen LogP contribution in [0.5, 0.6) is 5.75 Å². The summed E-state index contributed by atoms with van der Waals surface area (Å²) in [6.07, 6.45) is 5.19. The summed E-state index contributed by atoms with van der Waals surface area (Å²) in [5.41, 5.74) is 0. The molecule has 5 heteroatoms. The molecule has 1 aromatic carbocycles. The lowest BCUT2D eigenvalue weighted by molar-refractivity contribution is -0.140. The van der Waals surface area contributed by atoms with E-state index in [-0.39, 0.29) is 42.6 Å². The molecule has 0 radical (unpaired) electrons. The maximum Gasteiger partial charge on any atom is 0.233 e. The van der Waals surface area contributed by atoms with E-state index in [0.717, 1.165) is 0 Å². The van der Waals surface area contributed by atoms with Crippen molar-refractivity contribution in [1.29, 1.82) is 0 Å². The van der Waals surface area contributed by atoms with Gasteiger partial charge in [-0.1, -0.05) is 18.2 Å². The molecule has 110 valence electrons. The lowest BCUT2D eigenvalue weighted by Gasteiger charge is -2.15. The molecule has 2 aliphatic rings. The van der Waals surface area contributed by atoms with Crippen LogP contribution in [-0.2, 0) is 9.59 Å². The fraction of sp³-hybridized carbons (Fsp3) is 0.375. The van der Waals surface area contributed by atoms with Crippen LogP contribution in [0.1, 0.15) is 12.8 Å². The van der Waals surface area contributed by atoms with Gasteiger partial charge in [-0.2, -0.15) is 0 Å². The summed E-state index contributed by atoms with van der Waals surface area (Å²) in [6, 6.07) is 5.80. The van der Waals surface area contributed by atoms with E-state index in [1.165, 1.54) is 17.0 Å². The van der Waals surface area contributed by atoms with E-state index in [9.17, 15) is 14.0 Å². The van der Waals surface area contributed by atoms with Crippen LogP contribution in [0, 0.1) is 17.7 Å². The largest absolute Gasteiger partial charge is 0.492 e. The topological polar surface area (TPSA) is 46.6 Å². The number of nitrogens with zero attached hydrogens (tertiary/aromatic N) is 1. The Balaban J connectivity index is 1.58. The van der Waals surface area contributed by atoms with Gasteiger partial charge in [-0.05, 0) is 25.0 Å². The maximum atomic E-state index is 13.0. The Morgan fingerprint density at radius 2 is 1.81 bits per heavy atom. The van der Waals surface area contributed by atoms with Gasteiger partial charge in [0, 0.05) is 6.07 Å². The number of rotatable bonds is 4. The molecule has 1 aromatic rings. The van der Waals surface area contributed by atoms with Crippen molar-refractivity contribution >= 4 is 11.8 Å². The smallest absolute Gasteiger partial charge is 0.233 e. The molecular weight excluding hydrogens is 273 g/mol. The summed E-state index contributed by atoms with van der Waals surface area (Å²) in [6.45, 7) is 0.384. The van der Waals surface area contributed by atoms with Crippen LogP contribution in [0.25, 0.3) is 0 Å². The van der Waals surface area contributed by atoms with Crippen LogP contribution in [-0.4, -0.2) is 29.9 Å². The van der Waals surface area contributed by atoms with Crippen LogP contribution in [0.2, 0.25) is 0 Å². The van der Waals surface area contributed by atoms with Crippen molar-refractivity contribution in [2.24, 2.45) is 11.8 Å². The molecule has 1 saturated heterocycles. The van der Waals surface area contributed by atoms with Crippen molar-refractivity contribution in [1.82, 2.24) is 4.90 Å². The van der Waals surface area contributed by atoms with Gasteiger partial charge in [-0.3, -0.25) is 14.5 Å². The minimum Gasteiger partial charge on any atom is -0.492 e. The zero-order valence-corrected chi connectivity index (χ0v) is 11.5. The highest BCUT2D eigenvalue weighted by Gasteiger charge is 2.46. The molecule has 0 aromatic heterocycles. The lowest BCUT2D eigenvalue weighted by Crippen LogP contribution is -2.34. The first-order valence-corrected chi connectivity index (χ1v) is 7.05. The van der Waals surface area contributed by atoms with E-state index in [0.29, 0.717) is 18.6 Å². The monoisotopic (exact) mass is 289 g/mol. The third-order valence-corrected chi connectivity index (χ3v) is 3.98. The Labute approximate surface area is 122 Å². The van der Waals surface area contributed by atoms with Gasteiger partial charge >= 0.3 is 0 Å². The number of fused-ring (bicyclic) bond motifs is 1. The van der Waals surface area contributed by atoms with E-state index in [1.807, 2.05) is 12.2 Å². The van der Waals surface area contributed by atoms with Crippen molar-refractivity contribution in [3.63, 3.8) is 0 Å². The summed E-state index contributed by atoms with van der Waals surface area (Å²) in [5.74, 6) is -0.631. The number of benzene rings is 1. The van der Waals surface area contributed by atoms with Crippen molar-refractivity contribution in [3.8, 4) is 5.75 Å². The number of imide groups is 1. The molecule has 1 fully saturated rings. The van der Waals surface area contributed by atoms with E-state index >= 15 is 0 Å². The van der Waals surface area contributed by atoms with E-state index in [2.05, 4.69) is 0 Å². The normalized spacial score (nSPS) is 24.3. The van der Waals surface area contributed by atoms with Crippen molar-refractivity contribution in [2.75, 3.05) is 13.2 Å². The predicted molar refractivity (Wildman–Crippen MR) is 74.0 cm³/mol. The first kappa shape index (κ1) is 13.8. The quantitative estimate of drug-likeness (QED) is 0.630. The van der Waals surface area contributed by atoms with Crippen molar-refractivity contribution in [3.05, 3.63) is 42.2 Å². The third-order valence-electron chi connectivity index (χ3n) is 3.98. The minimum atomic E-state index is -0.377. The molecule has 1 aliphatic carbocycles. The van der Waals surface area contributed by atoms with Crippen molar-refractivity contribution < 1.29 is 18.7 Å². The Morgan fingerprint density at radius 3 is 2.43 bits per heavy atom. The Bertz CT molecular complexity index is 573. The number of halogens is 1. The number of hydrogen-bond donors (Lipinski definition) is 0. The molecule has 2 amide bonds. The van der Waals surface area contributed by atoms with Gasteiger partial charge in [-0.25, -0.2) is 4.39 Å². The van der Waals surface area contributed by atoms with E-state index in [4.69, 9.17) is 4.74 Å². The molecule has 4 nitrogen and oxygen atoms in total. The molecule has 0 saturated carbocycles. The third kappa shape index (κ3) is 2.68. The molecule has 0 spiro atoms. The second-order valence-electron chi connectivity index (χ2n) is 5.29. The van der Waals surface area contributed by atoms with Crippen LogP contribution in [0.15, 0.2) is 36.4 Å². The zero-order valence-electron chi connectivity index (χ0n) is 11.5. The average molecular weight is 289 g/mol. The first-order valence-electron chi connectivity index (χ1n) is 7.05. The molecule has 2 unspecified atom stereocenters. The molecule has 21 heavy (non-hydrogen) atoms. The van der Waals surface area contributed by atoms with Gasteiger partial charge in [0.1, 0.15) is 18.2 Å². The van der Waals surface area contributed by atoms with E-state index in [1.54, 1.807) is 12.1 Å². The Hall–Kier alpha value is -2.17. The molecule has 0 bridgehead atoms. The number of hydrogen-bond acceptors (Lipinski definition) is 3. The summed E-state index contributed by atoms with van der Waals surface area (Å²) >= 11 is 0. The summed E-state index contributed by atoms with van der Waals surface area (Å²) in [5, 5.41) is 0. The van der Waals surface area contributed by atoms with Crippen LogP contribution >= 0.6 is 0 Å². The number of carbonyl (C=O) groups is 2. The number of allylic oxidation sites excluding steroid dienone is 2. The average Bonchev–Trinajstić information content (AvgIpc) is 2.73. The van der Waals surface area contributed by atoms with Gasteiger partial charge < -0.3 is 4.74 Å². The van der Waals surface area contributed by atoms with Gasteiger partial charge in [-0.15, -0.1) is 0 Å². The number of amides is 2. The lowest BCUT2D eigenvalue weighted by atomic mass is 9.85.